The van der Waals surface area contributed by atoms with Gasteiger partial charge in [0.15, 0.2) is 0 Å². The average Bonchev–Trinajstić information content (AvgIpc) is 3.22. The minimum atomic E-state index is 0. The minimum absolute atomic E-state index is 0. The van der Waals surface area contributed by atoms with Gasteiger partial charge in [-0.1, -0.05) is 114 Å². The van der Waals surface area contributed by atoms with Crippen molar-refractivity contribution < 1.29 is 71.5 Å². The third-order valence-electron chi connectivity index (χ3n) is 6.02. The Hall–Kier alpha value is -0.220. The molecule has 0 fully saturated rings. The molecule has 2 aliphatic rings. The van der Waals surface area contributed by atoms with Crippen LogP contribution in [0.5, 0.6) is 0 Å². The first-order valence-electron chi connectivity index (χ1n) is 13.6. The molecule has 0 amide bonds. The molecule has 2 aromatic rings. The van der Waals surface area contributed by atoms with E-state index in [1.165, 1.54) is 33.4 Å². The third-order valence-corrected chi connectivity index (χ3v) is 6.02. The molecule has 228 valence electrons. The maximum atomic E-state index is 7.00. The molecule has 0 spiro atoms. The molecule has 2 N–H and O–H groups in total. The molecular formula is C34H50Cl2N2Si2Zr2-2. The molecule has 0 aromatic heterocycles. The summed E-state index contributed by atoms with van der Waals surface area (Å²) in [6.45, 7) is 26.6. The van der Waals surface area contributed by atoms with E-state index in [0.29, 0.717) is 23.2 Å². The zero-order valence-corrected chi connectivity index (χ0v) is 36.1. The summed E-state index contributed by atoms with van der Waals surface area (Å²) in [5, 5.41) is 0. The molecular weight excluding hydrogens is 746 g/mol. The average molecular weight is 796 g/mol. The van der Waals surface area contributed by atoms with Gasteiger partial charge >= 0.3 is 83.7 Å². The van der Waals surface area contributed by atoms with E-state index in [0.717, 1.165) is 0 Å². The van der Waals surface area contributed by atoms with Crippen LogP contribution in [0.1, 0.15) is 55.4 Å². The SMILES string of the molecule is CC1=[C-]C(C)C(C)=C1C.CC1=[C-]C(C)C(C)=C1C.C[Si](C)=[Zr+2].C[Si](C)=[Zr+2].[Cl-].[Cl-].[NH-]c1ccccc1.[NH-]c1ccccc1. The normalized spacial score (nSPS) is 15.8. The predicted molar refractivity (Wildman–Crippen MR) is 176 cm³/mol. The van der Waals surface area contributed by atoms with Gasteiger partial charge in [0, 0.05) is 0 Å². The van der Waals surface area contributed by atoms with Crippen molar-refractivity contribution in [2.24, 2.45) is 11.8 Å². The van der Waals surface area contributed by atoms with E-state index in [9.17, 15) is 0 Å². The fourth-order valence-electron chi connectivity index (χ4n) is 3.20. The van der Waals surface area contributed by atoms with Gasteiger partial charge in [0.05, 0.1) is 0 Å². The first-order chi connectivity index (χ1) is 18.5. The van der Waals surface area contributed by atoms with E-state index >= 15 is 0 Å². The molecule has 2 atom stereocenters. The first-order valence-corrected chi connectivity index (χ1v) is 26.0. The van der Waals surface area contributed by atoms with Crippen molar-refractivity contribution in [3.05, 3.63) is 118 Å². The first kappa shape index (κ1) is 48.7. The van der Waals surface area contributed by atoms with Gasteiger partial charge in [0.1, 0.15) is 0 Å². The van der Waals surface area contributed by atoms with Crippen molar-refractivity contribution in [2.75, 3.05) is 0 Å². The molecule has 0 saturated carbocycles. The Morgan fingerprint density at radius 3 is 0.833 bits per heavy atom. The Kier molecular flexibility index (Phi) is 32.8. The maximum absolute atomic E-state index is 7.00. The van der Waals surface area contributed by atoms with E-state index in [1.807, 2.05) is 36.4 Å². The van der Waals surface area contributed by atoms with Crippen molar-refractivity contribution in [3.8, 4) is 0 Å². The van der Waals surface area contributed by atoms with Crippen LogP contribution in [0.25, 0.3) is 11.5 Å². The van der Waals surface area contributed by atoms with E-state index in [4.69, 9.17) is 11.5 Å². The van der Waals surface area contributed by atoms with Crippen LogP contribution < -0.4 is 24.8 Å². The van der Waals surface area contributed by atoms with Gasteiger partial charge < -0.3 is 36.3 Å². The van der Waals surface area contributed by atoms with Crippen LogP contribution in [-0.2, 0) is 46.7 Å². The van der Waals surface area contributed by atoms with Gasteiger partial charge in [-0.25, -0.2) is 11.1 Å². The van der Waals surface area contributed by atoms with Crippen molar-refractivity contribution in [2.45, 2.75) is 81.6 Å². The quantitative estimate of drug-likeness (QED) is 0.241. The van der Waals surface area contributed by atoms with Gasteiger partial charge in [-0.05, 0) is 0 Å². The molecule has 2 nitrogen and oxygen atoms in total. The van der Waals surface area contributed by atoms with Crippen LogP contribution in [0.2, 0.25) is 26.2 Å². The maximum Gasteiger partial charge on any atom is -0.0624 e. The number of allylic oxidation sites excluding steroid dienone is 8. The van der Waals surface area contributed by atoms with E-state index in [2.05, 4.69) is 93.7 Å². The molecule has 0 aliphatic heterocycles. The summed E-state index contributed by atoms with van der Waals surface area (Å²) < 4.78 is 0. The summed E-state index contributed by atoms with van der Waals surface area (Å²) in [6.07, 6.45) is 6.72. The Balaban J connectivity index is -0.000000210. The molecule has 42 heavy (non-hydrogen) atoms. The number of rotatable bonds is 0. The molecule has 0 saturated heterocycles. The number of hydrogen-bond acceptors (Lipinski definition) is 0. The standard InChI is InChI=1S/2C9H13.2C6H6N.2C2H6Si.2ClH.2Zr/c2*1-6-5-7(2)9(4)8(6)3;2*7-6-4-2-1-3-5-6;2*1-3-2;;;;/h2*6H,1-4H3;2*1-5,7H;2*1-2H3;2*1H;;/q4*-1;;;;;2*+2/p-2. The van der Waals surface area contributed by atoms with Gasteiger partial charge in [-0.15, -0.1) is 25.2 Å². The molecule has 2 aliphatic carbocycles. The molecule has 2 aromatic carbocycles. The molecule has 0 heterocycles. The number of hydrogen-bond donors (Lipinski definition) is 0. The van der Waals surface area contributed by atoms with Crippen LogP contribution in [0, 0.1) is 24.0 Å². The molecule has 8 heteroatoms. The second-order valence-corrected chi connectivity index (χ2v) is 29.1. The van der Waals surface area contributed by atoms with Crippen molar-refractivity contribution >= 4 is 22.2 Å². The summed E-state index contributed by atoms with van der Waals surface area (Å²) in [6, 6.07) is 18.2. The second-order valence-electron chi connectivity index (χ2n) is 10.3. The van der Waals surface area contributed by atoms with E-state index in [1.54, 1.807) is 70.9 Å². The van der Waals surface area contributed by atoms with Crippen LogP contribution in [0.3, 0.4) is 0 Å². The predicted octanol–water partition coefficient (Wildman–Crippen LogP) is 5.76. The summed E-state index contributed by atoms with van der Waals surface area (Å²) >= 11 is 3.48. The van der Waals surface area contributed by atoms with Crippen molar-refractivity contribution in [1.29, 1.82) is 0 Å². The molecule has 0 bridgehead atoms. The number of nitrogens with one attached hydrogen (secondary N) is 2. The largest absolute Gasteiger partial charge is 1.00 e. The van der Waals surface area contributed by atoms with E-state index in [-0.39, 0.29) is 35.7 Å². The summed E-state index contributed by atoms with van der Waals surface area (Å²) in [7, 11) is 0. The van der Waals surface area contributed by atoms with Gasteiger partial charge in [0.2, 0.25) is 0 Å². The second kappa shape index (κ2) is 28.3. The zero-order chi connectivity index (χ0) is 31.4. The Labute approximate surface area is 301 Å². The minimum Gasteiger partial charge on any atom is -1.00 e. The van der Waals surface area contributed by atoms with Gasteiger partial charge in [-0.3, -0.25) is 12.2 Å². The molecule has 0 radical (unpaired) electrons. The molecule has 4 rings (SSSR count). The fourth-order valence-corrected chi connectivity index (χ4v) is 3.20. The van der Waals surface area contributed by atoms with Crippen LogP contribution in [0.4, 0.5) is 11.4 Å². The van der Waals surface area contributed by atoms with Gasteiger partial charge in [-0.2, -0.15) is 22.3 Å². The summed E-state index contributed by atoms with van der Waals surface area (Å²) in [5.74, 6) is 1.12. The topological polar surface area (TPSA) is 47.6 Å². The van der Waals surface area contributed by atoms with Crippen LogP contribution in [0.15, 0.2) is 94.1 Å². The van der Waals surface area contributed by atoms with E-state index < -0.39 is 0 Å². The third kappa shape index (κ3) is 26.2. The Bertz CT molecular complexity index is 1080. The van der Waals surface area contributed by atoms with Crippen LogP contribution in [-0.4, -0.2) is 10.9 Å². The zero-order valence-electron chi connectivity index (χ0n) is 27.7. The van der Waals surface area contributed by atoms with Crippen LogP contribution >= 0.6 is 0 Å². The van der Waals surface area contributed by atoms with Gasteiger partial charge in [0.25, 0.3) is 0 Å². The smallest absolute Gasteiger partial charge is 0.0624 e. The summed E-state index contributed by atoms with van der Waals surface area (Å²) in [5.41, 5.74) is 24.0. The molecule has 2 unspecified atom stereocenters. The van der Waals surface area contributed by atoms with Crippen molar-refractivity contribution in [1.82, 2.24) is 0 Å². The fraction of sp³-hybridized carbons (Fsp3) is 0.412. The monoisotopic (exact) mass is 792 g/mol. The van der Waals surface area contributed by atoms with Crippen molar-refractivity contribution in [3.63, 3.8) is 0 Å². The Morgan fingerprint density at radius 1 is 0.548 bits per heavy atom. The number of benzene rings is 2. The summed E-state index contributed by atoms with van der Waals surface area (Å²) in [4.78, 5) is 0. The number of halogens is 2. The Morgan fingerprint density at radius 2 is 0.762 bits per heavy atom.